The Hall–Kier alpha value is -0.160. The van der Waals surface area contributed by atoms with Crippen molar-refractivity contribution in [2.24, 2.45) is 5.73 Å². The summed E-state index contributed by atoms with van der Waals surface area (Å²) in [5.41, 5.74) is 6.35. The average molecular weight is 297 g/mol. The Morgan fingerprint density at radius 1 is 1.10 bits per heavy atom. The molecule has 0 aromatic carbocycles. The normalized spacial score (nSPS) is 34.6. The minimum atomic E-state index is 0.102. The molecule has 4 unspecified atom stereocenters. The van der Waals surface area contributed by atoms with Crippen LogP contribution in [-0.2, 0) is 4.74 Å². The number of hydrogen-bond acceptors (Lipinski definition) is 4. The fourth-order valence-electron chi connectivity index (χ4n) is 3.69. The van der Waals surface area contributed by atoms with Crippen LogP contribution in [0.5, 0.6) is 0 Å². The van der Waals surface area contributed by atoms with E-state index in [1.165, 1.54) is 19.3 Å². The first-order valence-electron chi connectivity index (χ1n) is 8.57. The quantitative estimate of drug-likeness (QED) is 0.728. The van der Waals surface area contributed by atoms with Gasteiger partial charge in [0.15, 0.2) is 0 Å². The Labute approximate surface area is 130 Å². The van der Waals surface area contributed by atoms with Crippen LogP contribution >= 0.6 is 0 Å². The highest BCUT2D eigenvalue weighted by atomic mass is 16.5. The van der Waals surface area contributed by atoms with Crippen molar-refractivity contribution in [3.8, 4) is 0 Å². The molecule has 2 aliphatic rings. The molecule has 4 heteroatoms. The van der Waals surface area contributed by atoms with Crippen LogP contribution in [0, 0.1) is 0 Å². The largest absolute Gasteiger partial charge is 0.375 e. The summed E-state index contributed by atoms with van der Waals surface area (Å²) < 4.78 is 5.81. The molecular weight excluding hydrogens is 262 g/mol. The monoisotopic (exact) mass is 297 g/mol. The number of nitrogens with one attached hydrogen (secondary N) is 2. The fourth-order valence-corrected chi connectivity index (χ4v) is 3.69. The van der Waals surface area contributed by atoms with Crippen molar-refractivity contribution in [3.05, 3.63) is 0 Å². The van der Waals surface area contributed by atoms with Gasteiger partial charge in [-0.3, -0.25) is 0 Å². The first-order valence-corrected chi connectivity index (χ1v) is 8.57. The van der Waals surface area contributed by atoms with E-state index in [4.69, 9.17) is 10.5 Å². The van der Waals surface area contributed by atoms with Crippen LogP contribution in [-0.4, -0.2) is 41.9 Å². The minimum Gasteiger partial charge on any atom is -0.375 e. The highest BCUT2D eigenvalue weighted by Crippen LogP contribution is 2.27. The van der Waals surface area contributed by atoms with Crippen molar-refractivity contribution in [2.45, 2.75) is 102 Å². The van der Waals surface area contributed by atoms with Crippen LogP contribution in [0.4, 0.5) is 0 Å². The van der Waals surface area contributed by atoms with Gasteiger partial charge < -0.3 is 21.1 Å². The molecule has 124 valence electrons. The molecule has 4 nitrogen and oxygen atoms in total. The predicted octanol–water partition coefficient (Wildman–Crippen LogP) is 2.17. The smallest absolute Gasteiger partial charge is 0.0768 e. The van der Waals surface area contributed by atoms with Crippen LogP contribution in [0.25, 0.3) is 0 Å². The van der Waals surface area contributed by atoms with Crippen molar-refractivity contribution in [1.29, 1.82) is 0 Å². The minimum absolute atomic E-state index is 0.102. The lowest BCUT2D eigenvalue weighted by molar-refractivity contribution is -0.107. The molecular formula is C17H35N3O. The molecule has 2 fully saturated rings. The molecule has 0 aromatic heterocycles. The van der Waals surface area contributed by atoms with Gasteiger partial charge in [-0.05, 0) is 60.3 Å². The number of rotatable bonds is 5. The molecule has 0 amide bonds. The van der Waals surface area contributed by atoms with Gasteiger partial charge in [-0.25, -0.2) is 0 Å². The number of nitrogens with two attached hydrogens (primary N) is 1. The molecule has 2 rings (SSSR count). The van der Waals surface area contributed by atoms with E-state index in [-0.39, 0.29) is 11.1 Å². The van der Waals surface area contributed by atoms with E-state index in [0.29, 0.717) is 24.2 Å². The number of hydrogen-bond donors (Lipinski definition) is 3. The maximum absolute atomic E-state index is 6.10. The summed E-state index contributed by atoms with van der Waals surface area (Å²) in [7, 11) is 0. The van der Waals surface area contributed by atoms with Crippen molar-refractivity contribution >= 4 is 0 Å². The van der Waals surface area contributed by atoms with Crippen LogP contribution in [0.1, 0.15) is 66.7 Å². The van der Waals surface area contributed by atoms with Gasteiger partial charge in [0.25, 0.3) is 0 Å². The third-order valence-corrected chi connectivity index (χ3v) is 4.58. The molecule has 4 atom stereocenters. The predicted molar refractivity (Wildman–Crippen MR) is 88.5 cm³/mol. The van der Waals surface area contributed by atoms with E-state index in [2.05, 4.69) is 45.3 Å². The van der Waals surface area contributed by atoms with E-state index < -0.39 is 0 Å². The third kappa shape index (κ3) is 5.51. The zero-order valence-electron chi connectivity index (χ0n) is 14.5. The Morgan fingerprint density at radius 3 is 2.33 bits per heavy atom. The van der Waals surface area contributed by atoms with Crippen LogP contribution in [0.3, 0.4) is 0 Å². The molecule has 0 bridgehead atoms. The van der Waals surface area contributed by atoms with E-state index >= 15 is 0 Å². The molecule has 21 heavy (non-hydrogen) atoms. The Morgan fingerprint density at radius 2 is 1.81 bits per heavy atom. The van der Waals surface area contributed by atoms with E-state index in [9.17, 15) is 0 Å². The van der Waals surface area contributed by atoms with E-state index in [0.717, 1.165) is 19.4 Å². The second kappa shape index (κ2) is 6.53. The summed E-state index contributed by atoms with van der Waals surface area (Å²) >= 11 is 0. The summed E-state index contributed by atoms with van der Waals surface area (Å²) in [6.07, 6.45) is 6.17. The van der Waals surface area contributed by atoms with Crippen molar-refractivity contribution in [1.82, 2.24) is 10.6 Å². The summed E-state index contributed by atoms with van der Waals surface area (Å²) in [6.45, 7) is 12.1. The molecule has 1 aliphatic heterocycles. The van der Waals surface area contributed by atoms with Gasteiger partial charge in [-0.1, -0.05) is 6.42 Å². The summed E-state index contributed by atoms with van der Waals surface area (Å²) in [5, 5.41) is 7.49. The fraction of sp³-hybridized carbons (Fsp3) is 1.00. The van der Waals surface area contributed by atoms with Crippen LogP contribution in [0.2, 0.25) is 0 Å². The summed E-state index contributed by atoms with van der Waals surface area (Å²) in [6, 6.07) is 1.43. The second-order valence-electron chi connectivity index (χ2n) is 8.73. The molecule has 1 saturated carbocycles. The third-order valence-electron chi connectivity index (χ3n) is 4.58. The lowest BCUT2D eigenvalue weighted by Gasteiger charge is -2.45. The summed E-state index contributed by atoms with van der Waals surface area (Å²) in [5.74, 6) is 0. The van der Waals surface area contributed by atoms with E-state index in [1.54, 1.807) is 0 Å². The molecule has 1 aliphatic carbocycles. The van der Waals surface area contributed by atoms with Gasteiger partial charge in [0.1, 0.15) is 0 Å². The van der Waals surface area contributed by atoms with Crippen molar-refractivity contribution < 1.29 is 4.74 Å². The highest BCUT2D eigenvalue weighted by Gasteiger charge is 2.39. The molecule has 1 heterocycles. The van der Waals surface area contributed by atoms with Gasteiger partial charge in [-0.2, -0.15) is 0 Å². The highest BCUT2D eigenvalue weighted by molar-refractivity contribution is 4.96. The topological polar surface area (TPSA) is 59.3 Å². The molecule has 1 saturated heterocycles. The van der Waals surface area contributed by atoms with E-state index in [1.807, 2.05) is 0 Å². The lowest BCUT2D eigenvalue weighted by Crippen LogP contribution is -2.62. The van der Waals surface area contributed by atoms with Gasteiger partial charge in [0.05, 0.1) is 18.8 Å². The molecule has 4 N–H and O–H groups in total. The maximum Gasteiger partial charge on any atom is 0.0768 e. The molecule has 0 aromatic rings. The first-order chi connectivity index (χ1) is 9.65. The van der Waals surface area contributed by atoms with Crippen molar-refractivity contribution in [2.75, 3.05) is 6.61 Å². The molecule has 0 spiro atoms. The standard InChI is InChI=1S/C17H35N3O/c1-16(2,3)20-14-11-21-15(14)10-17(4,5)19-13-8-6-7-12(18)9-13/h12-15,19-20H,6-11,18H2,1-5H3. The Bertz CT molecular complexity index is 337. The Balaban J connectivity index is 1.80. The van der Waals surface area contributed by atoms with Crippen molar-refractivity contribution in [3.63, 3.8) is 0 Å². The van der Waals surface area contributed by atoms with Gasteiger partial charge in [0.2, 0.25) is 0 Å². The second-order valence-corrected chi connectivity index (χ2v) is 8.73. The molecule has 0 radical (unpaired) electrons. The van der Waals surface area contributed by atoms with Crippen LogP contribution in [0.15, 0.2) is 0 Å². The summed E-state index contributed by atoms with van der Waals surface area (Å²) in [4.78, 5) is 0. The average Bonchev–Trinajstić information content (AvgIpc) is 2.31. The first kappa shape index (κ1) is 17.2. The number of ether oxygens (including phenoxy) is 1. The zero-order chi connectivity index (χ0) is 15.7. The van der Waals surface area contributed by atoms with Gasteiger partial charge >= 0.3 is 0 Å². The van der Waals surface area contributed by atoms with Gasteiger partial charge in [-0.15, -0.1) is 0 Å². The SMILES string of the molecule is CC(C)(C)NC1COC1CC(C)(C)NC1CCCC(N)C1. The lowest BCUT2D eigenvalue weighted by atomic mass is 9.85. The van der Waals surface area contributed by atoms with Crippen LogP contribution < -0.4 is 16.4 Å². The Kier molecular flexibility index (Phi) is 5.35. The van der Waals surface area contributed by atoms with Gasteiger partial charge in [0, 0.05) is 23.2 Å². The zero-order valence-corrected chi connectivity index (χ0v) is 14.5. The maximum atomic E-state index is 6.10.